The Bertz CT molecular complexity index is 781. The Morgan fingerprint density at radius 2 is 1.73 bits per heavy atom. The second-order valence-electron chi connectivity index (χ2n) is 6.92. The monoisotopic (exact) mass is 373 g/mol. The fraction of sp³-hybridized carbons (Fsp3) is 0.350. The fourth-order valence-corrected chi connectivity index (χ4v) is 4.02. The maximum atomic E-state index is 13.2. The van der Waals surface area contributed by atoms with Gasteiger partial charge < -0.3 is 4.90 Å². The van der Waals surface area contributed by atoms with Crippen molar-refractivity contribution < 1.29 is 9.18 Å². The molecule has 2 aliphatic heterocycles. The highest BCUT2D eigenvalue weighted by Crippen LogP contribution is 2.34. The van der Waals surface area contributed by atoms with Crippen molar-refractivity contribution in [2.24, 2.45) is 0 Å². The minimum Gasteiger partial charge on any atom is -0.334 e. The number of carbonyl (C=O) groups is 1. The maximum Gasteiger partial charge on any atom is 0.241 e. The molecule has 0 saturated carbocycles. The van der Waals surface area contributed by atoms with E-state index in [0.29, 0.717) is 11.4 Å². The van der Waals surface area contributed by atoms with Crippen LogP contribution in [0.15, 0.2) is 48.5 Å². The van der Waals surface area contributed by atoms with Crippen LogP contribution in [0.4, 0.5) is 4.39 Å². The molecule has 2 aliphatic rings. The third-order valence-electron chi connectivity index (χ3n) is 5.26. The highest BCUT2D eigenvalue weighted by atomic mass is 35.5. The van der Waals surface area contributed by atoms with Crippen LogP contribution in [0.25, 0.3) is 0 Å². The van der Waals surface area contributed by atoms with Gasteiger partial charge in [-0.3, -0.25) is 4.79 Å². The van der Waals surface area contributed by atoms with Crippen LogP contribution in [0.3, 0.4) is 0 Å². The number of likely N-dealkylation sites (tertiary alicyclic amines) is 1. The summed E-state index contributed by atoms with van der Waals surface area (Å²) in [6.45, 7) is 0.741. The fourth-order valence-electron chi connectivity index (χ4n) is 3.89. The molecule has 0 spiro atoms. The van der Waals surface area contributed by atoms with Crippen molar-refractivity contribution in [3.8, 4) is 0 Å². The number of nitrogens with one attached hydrogen (secondary N) is 2. The van der Waals surface area contributed by atoms with E-state index in [1.54, 1.807) is 12.1 Å². The molecule has 2 saturated heterocycles. The summed E-state index contributed by atoms with van der Waals surface area (Å²) in [5, 5.41) is 0.700. The molecule has 0 aliphatic carbocycles. The summed E-state index contributed by atoms with van der Waals surface area (Å²) in [4.78, 5) is 15.0. The number of nitrogens with zero attached hydrogens (tertiary/aromatic N) is 1. The number of hydrogen-bond donors (Lipinski definition) is 2. The standard InChI is InChI=1S/C20H21ClFN3O/c21-15-7-3-13(4-8-15)17-12-18(24-23-17)20(26)25-11-1-2-19(25)14-5-9-16(22)10-6-14/h3-10,17-19,23-24H,1-2,11-12H2. The molecule has 2 aromatic rings. The second-order valence-corrected chi connectivity index (χ2v) is 7.36. The van der Waals surface area contributed by atoms with Gasteiger partial charge in [0.2, 0.25) is 5.91 Å². The zero-order valence-electron chi connectivity index (χ0n) is 14.3. The van der Waals surface area contributed by atoms with Crippen LogP contribution >= 0.6 is 11.6 Å². The van der Waals surface area contributed by atoms with E-state index in [0.717, 1.165) is 30.5 Å². The topological polar surface area (TPSA) is 44.4 Å². The van der Waals surface area contributed by atoms with Gasteiger partial charge in [0.25, 0.3) is 0 Å². The Labute approximate surface area is 157 Å². The third-order valence-corrected chi connectivity index (χ3v) is 5.52. The molecule has 3 atom stereocenters. The van der Waals surface area contributed by atoms with Crippen molar-refractivity contribution in [3.63, 3.8) is 0 Å². The van der Waals surface area contributed by atoms with Crippen molar-refractivity contribution in [2.75, 3.05) is 6.54 Å². The van der Waals surface area contributed by atoms with Crippen LogP contribution in [0.5, 0.6) is 0 Å². The van der Waals surface area contributed by atoms with E-state index in [1.165, 1.54) is 12.1 Å². The summed E-state index contributed by atoms with van der Waals surface area (Å²) in [7, 11) is 0. The van der Waals surface area contributed by atoms with Crippen LogP contribution in [0, 0.1) is 5.82 Å². The molecule has 4 rings (SSSR count). The molecule has 26 heavy (non-hydrogen) atoms. The Hall–Kier alpha value is -1.95. The van der Waals surface area contributed by atoms with Crippen molar-refractivity contribution >= 4 is 17.5 Å². The normalized spacial score (nSPS) is 25.6. The zero-order valence-corrected chi connectivity index (χ0v) is 15.0. The van der Waals surface area contributed by atoms with Crippen molar-refractivity contribution in [3.05, 3.63) is 70.5 Å². The summed E-state index contributed by atoms with van der Waals surface area (Å²) in [6, 6.07) is 14.0. The molecule has 2 aromatic carbocycles. The van der Waals surface area contributed by atoms with Crippen LogP contribution in [-0.2, 0) is 4.79 Å². The van der Waals surface area contributed by atoms with Gasteiger partial charge in [-0.2, -0.15) is 0 Å². The summed E-state index contributed by atoms with van der Waals surface area (Å²) in [5.41, 5.74) is 8.47. The molecule has 0 aromatic heterocycles. The predicted molar refractivity (Wildman–Crippen MR) is 99.0 cm³/mol. The molecule has 136 valence electrons. The van der Waals surface area contributed by atoms with Crippen molar-refractivity contribution in [1.82, 2.24) is 15.8 Å². The first-order valence-electron chi connectivity index (χ1n) is 8.94. The van der Waals surface area contributed by atoms with Gasteiger partial charge in [-0.05, 0) is 54.7 Å². The smallest absolute Gasteiger partial charge is 0.241 e. The lowest BCUT2D eigenvalue weighted by atomic mass is 10.0. The number of benzene rings is 2. The van der Waals surface area contributed by atoms with Gasteiger partial charge in [0, 0.05) is 17.6 Å². The largest absolute Gasteiger partial charge is 0.334 e. The lowest BCUT2D eigenvalue weighted by Gasteiger charge is -2.27. The lowest BCUT2D eigenvalue weighted by Crippen LogP contribution is -2.45. The molecule has 6 heteroatoms. The van der Waals surface area contributed by atoms with Crippen LogP contribution in [0.1, 0.15) is 42.5 Å². The number of rotatable bonds is 3. The van der Waals surface area contributed by atoms with Gasteiger partial charge in [0.15, 0.2) is 0 Å². The maximum absolute atomic E-state index is 13.2. The predicted octanol–water partition coefficient (Wildman–Crippen LogP) is 3.75. The van der Waals surface area contributed by atoms with Crippen LogP contribution < -0.4 is 10.9 Å². The Balaban J connectivity index is 1.45. The number of halogens is 2. The van der Waals surface area contributed by atoms with E-state index < -0.39 is 0 Å². The van der Waals surface area contributed by atoms with Gasteiger partial charge >= 0.3 is 0 Å². The lowest BCUT2D eigenvalue weighted by molar-refractivity contribution is -0.134. The Kier molecular flexibility index (Phi) is 4.94. The van der Waals surface area contributed by atoms with Gasteiger partial charge in [0.1, 0.15) is 11.9 Å². The molecular weight excluding hydrogens is 353 g/mol. The first-order chi connectivity index (χ1) is 12.6. The molecule has 4 nitrogen and oxygen atoms in total. The summed E-state index contributed by atoms with van der Waals surface area (Å²) in [6.07, 6.45) is 2.57. The number of carbonyl (C=O) groups excluding carboxylic acids is 1. The average molecular weight is 374 g/mol. The molecule has 3 unspecified atom stereocenters. The minimum atomic E-state index is -0.267. The molecule has 2 fully saturated rings. The second kappa shape index (κ2) is 7.35. The molecule has 0 radical (unpaired) electrons. The molecular formula is C20H21ClFN3O. The number of hydrogen-bond acceptors (Lipinski definition) is 3. The van der Waals surface area contributed by atoms with E-state index in [9.17, 15) is 9.18 Å². The Morgan fingerprint density at radius 1 is 1.04 bits per heavy atom. The summed E-state index contributed by atoms with van der Waals surface area (Å²) in [5.74, 6) is -0.155. The van der Waals surface area contributed by atoms with Crippen molar-refractivity contribution in [1.29, 1.82) is 0 Å². The van der Waals surface area contributed by atoms with Crippen molar-refractivity contribution in [2.45, 2.75) is 37.4 Å². The zero-order chi connectivity index (χ0) is 18.1. The van der Waals surface area contributed by atoms with E-state index in [1.807, 2.05) is 29.2 Å². The molecule has 2 heterocycles. The SMILES string of the molecule is O=C(C1CC(c2ccc(Cl)cc2)NN1)N1CCCC1c1ccc(F)cc1. The van der Waals surface area contributed by atoms with Gasteiger partial charge in [-0.25, -0.2) is 15.2 Å². The average Bonchev–Trinajstić information content (AvgIpc) is 3.32. The quantitative estimate of drug-likeness (QED) is 0.861. The van der Waals surface area contributed by atoms with Gasteiger partial charge in [-0.15, -0.1) is 0 Å². The first kappa shape index (κ1) is 17.5. The van der Waals surface area contributed by atoms with E-state index >= 15 is 0 Å². The van der Waals surface area contributed by atoms with Crippen LogP contribution in [-0.4, -0.2) is 23.4 Å². The molecule has 2 N–H and O–H groups in total. The molecule has 0 bridgehead atoms. The van der Waals surface area contributed by atoms with Gasteiger partial charge in [-0.1, -0.05) is 35.9 Å². The van der Waals surface area contributed by atoms with E-state index in [-0.39, 0.29) is 29.8 Å². The van der Waals surface area contributed by atoms with E-state index in [4.69, 9.17) is 11.6 Å². The highest BCUT2D eigenvalue weighted by molar-refractivity contribution is 6.30. The van der Waals surface area contributed by atoms with Crippen LogP contribution in [0.2, 0.25) is 5.02 Å². The number of amides is 1. The first-order valence-corrected chi connectivity index (χ1v) is 9.32. The summed E-state index contributed by atoms with van der Waals surface area (Å²) < 4.78 is 13.2. The third kappa shape index (κ3) is 3.47. The van der Waals surface area contributed by atoms with E-state index in [2.05, 4.69) is 10.9 Å². The van der Waals surface area contributed by atoms with Gasteiger partial charge in [0.05, 0.1) is 6.04 Å². The minimum absolute atomic E-state index is 0.0273. The Morgan fingerprint density at radius 3 is 2.46 bits per heavy atom. The molecule has 1 amide bonds. The summed E-state index contributed by atoms with van der Waals surface area (Å²) >= 11 is 5.95. The highest BCUT2D eigenvalue weighted by Gasteiger charge is 2.37. The number of hydrazine groups is 1.